The molecule has 164 valence electrons. The zero-order chi connectivity index (χ0) is 22.4. The maximum absolute atomic E-state index is 12.3. The quantitative estimate of drug-likeness (QED) is 0.535. The first-order valence-corrected chi connectivity index (χ1v) is 10.9. The van der Waals surface area contributed by atoms with Gasteiger partial charge in [0.15, 0.2) is 11.5 Å². The largest absolute Gasteiger partial charge is 0.493 e. The molecule has 0 saturated carbocycles. The van der Waals surface area contributed by atoms with Gasteiger partial charge < -0.3 is 19.5 Å². The van der Waals surface area contributed by atoms with Crippen LogP contribution in [-0.2, 0) is 4.79 Å². The number of hydrogen-bond acceptors (Lipinski definition) is 5. The lowest BCUT2D eigenvalue weighted by atomic mass is 9.72. The van der Waals surface area contributed by atoms with Crippen LogP contribution in [0.5, 0.6) is 11.5 Å². The van der Waals surface area contributed by atoms with Gasteiger partial charge in [0.05, 0.1) is 19.0 Å². The molecule has 2 aromatic rings. The van der Waals surface area contributed by atoms with Crippen molar-refractivity contribution in [3.63, 3.8) is 0 Å². The summed E-state index contributed by atoms with van der Waals surface area (Å²) in [6, 6.07) is 15.5. The lowest BCUT2D eigenvalue weighted by molar-refractivity contribution is -0.127. The molecule has 3 rings (SSSR count). The van der Waals surface area contributed by atoms with Crippen molar-refractivity contribution in [2.45, 2.75) is 25.9 Å². The first kappa shape index (κ1) is 23.1. The highest BCUT2D eigenvalue weighted by Crippen LogP contribution is 2.46. The number of thiol groups is 1. The highest BCUT2D eigenvalue weighted by molar-refractivity contribution is 7.81. The van der Waals surface area contributed by atoms with Gasteiger partial charge in [-0.2, -0.15) is 12.6 Å². The molecule has 0 spiro atoms. The van der Waals surface area contributed by atoms with E-state index in [0.717, 1.165) is 11.1 Å². The molecule has 2 aromatic carbocycles. The molecule has 1 fully saturated rings. The summed E-state index contributed by atoms with van der Waals surface area (Å²) in [4.78, 5) is 14.0. The minimum atomic E-state index is -0.585. The smallest absolute Gasteiger partial charge is 0.232 e. The van der Waals surface area contributed by atoms with Crippen molar-refractivity contribution in [3.05, 3.63) is 59.7 Å². The molecule has 0 radical (unpaired) electrons. The number of likely N-dealkylation sites (tertiary alicyclic amines) is 1. The average molecular weight is 440 g/mol. The van der Waals surface area contributed by atoms with E-state index in [-0.39, 0.29) is 24.2 Å². The van der Waals surface area contributed by atoms with Crippen molar-refractivity contribution in [3.8, 4) is 23.3 Å². The van der Waals surface area contributed by atoms with Crippen molar-refractivity contribution >= 4 is 18.5 Å². The molecule has 1 amide bonds. The Bertz CT molecular complexity index is 966. The number of benzene rings is 2. The molecule has 2 unspecified atom stereocenters. The Labute approximate surface area is 189 Å². The van der Waals surface area contributed by atoms with Crippen LogP contribution in [0.2, 0.25) is 0 Å². The van der Waals surface area contributed by atoms with Crippen LogP contribution in [0, 0.1) is 17.3 Å². The van der Waals surface area contributed by atoms with Crippen molar-refractivity contribution in [1.29, 1.82) is 0 Å². The average Bonchev–Trinajstić information content (AvgIpc) is 3.15. The van der Waals surface area contributed by atoms with E-state index in [4.69, 9.17) is 9.47 Å². The number of ether oxygens (including phenoxy) is 2. The summed E-state index contributed by atoms with van der Waals surface area (Å²) in [7, 11) is 1.60. The third-order valence-corrected chi connectivity index (χ3v) is 6.34. The van der Waals surface area contributed by atoms with Gasteiger partial charge in [0.25, 0.3) is 0 Å². The summed E-state index contributed by atoms with van der Waals surface area (Å²) in [5, 5.41) is 10.5. The van der Waals surface area contributed by atoms with Gasteiger partial charge in [-0.1, -0.05) is 43.0 Å². The summed E-state index contributed by atoms with van der Waals surface area (Å²) < 4.78 is 11.4. The summed E-state index contributed by atoms with van der Waals surface area (Å²) in [5.74, 6) is 7.39. The second kappa shape index (κ2) is 10.1. The first-order chi connectivity index (χ1) is 14.9. The van der Waals surface area contributed by atoms with E-state index in [2.05, 4.69) is 24.5 Å². The standard InChI is InChI=1S/C25H29NO4S/c1-18(27)25(2)17-26(24(28)16-31)15-21(25)20-11-12-22(29-3)23(14-20)30-13-7-10-19-8-5-4-6-9-19/h4-6,8-9,11-12,14,18,21,27,31H,13,15-17H2,1-3H3/t18-,21?,25?/m1/s1. The highest BCUT2D eigenvalue weighted by atomic mass is 32.1. The van der Waals surface area contributed by atoms with Gasteiger partial charge in [-0.3, -0.25) is 4.79 Å². The SMILES string of the molecule is COc1ccc(C2CN(C(=O)CS)CC2(C)[C@@H](C)O)cc1OCC#Cc1ccccc1. The molecule has 5 nitrogen and oxygen atoms in total. The van der Waals surface area contributed by atoms with Gasteiger partial charge in [0, 0.05) is 30.0 Å². The maximum atomic E-state index is 12.3. The number of carbonyl (C=O) groups is 1. The summed E-state index contributed by atoms with van der Waals surface area (Å²) >= 11 is 4.13. The number of aliphatic hydroxyl groups is 1. The van der Waals surface area contributed by atoms with Crippen molar-refractivity contribution in [2.24, 2.45) is 5.41 Å². The van der Waals surface area contributed by atoms with Gasteiger partial charge in [-0.15, -0.1) is 0 Å². The Hall–Kier alpha value is -2.62. The van der Waals surface area contributed by atoms with E-state index in [1.165, 1.54) is 0 Å². The molecule has 1 saturated heterocycles. The molecule has 3 atom stereocenters. The maximum Gasteiger partial charge on any atom is 0.232 e. The van der Waals surface area contributed by atoms with Gasteiger partial charge >= 0.3 is 0 Å². The topological polar surface area (TPSA) is 59.0 Å². The molecule has 6 heteroatoms. The zero-order valence-electron chi connectivity index (χ0n) is 18.2. The highest BCUT2D eigenvalue weighted by Gasteiger charge is 2.48. The van der Waals surface area contributed by atoms with E-state index in [1.54, 1.807) is 18.9 Å². The normalized spacial score (nSPS) is 21.2. The van der Waals surface area contributed by atoms with E-state index in [9.17, 15) is 9.90 Å². The molecule has 0 aromatic heterocycles. The zero-order valence-corrected chi connectivity index (χ0v) is 19.1. The second-order valence-corrected chi connectivity index (χ2v) is 8.35. The Morgan fingerprint density at radius 3 is 2.68 bits per heavy atom. The van der Waals surface area contributed by atoms with E-state index in [1.807, 2.05) is 55.5 Å². The molecular weight excluding hydrogens is 410 g/mol. The Balaban J connectivity index is 1.83. The fraction of sp³-hybridized carbons (Fsp3) is 0.400. The summed E-state index contributed by atoms with van der Waals surface area (Å²) in [6.45, 7) is 5.03. The minimum Gasteiger partial charge on any atom is -0.493 e. The van der Waals surface area contributed by atoms with Crippen LogP contribution in [0.4, 0.5) is 0 Å². The van der Waals surface area contributed by atoms with Gasteiger partial charge in [0.2, 0.25) is 5.91 Å². The predicted molar refractivity (Wildman–Crippen MR) is 125 cm³/mol. The van der Waals surface area contributed by atoms with Crippen LogP contribution in [0.15, 0.2) is 48.5 Å². The molecule has 0 aliphatic carbocycles. The van der Waals surface area contributed by atoms with Gasteiger partial charge in [-0.05, 0) is 36.8 Å². The van der Waals surface area contributed by atoms with E-state index in [0.29, 0.717) is 24.6 Å². The number of carbonyl (C=O) groups excluding carboxylic acids is 1. The number of rotatable bonds is 6. The summed E-state index contributed by atoms with van der Waals surface area (Å²) in [6.07, 6.45) is -0.585. The molecule has 1 aliphatic rings. The van der Waals surface area contributed by atoms with Crippen molar-refractivity contribution in [2.75, 3.05) is 32.6 Å². The number of aliphatic hydroxyl groups excluding tert-OH is 1. The van der Waals surface area contributed by atoms with E-state index < -0.39 is 11.5 Å². The van der Waals surface area contributed by atoms with Gasteiger partial charge in [0.1, 0.15) is 6.61 Å². The third kappa shape index (κ3) is 5.17. The monoisotopic (exact) mass is 439 g/mol. The fourth-order valence-corrected chi connectivity index (χ4v) is 4.21. The molecule has 0 bridgehead atoms. The van der Waals surface area contributed by atoms with Crippen LogP contribution in [0.1, 0.15) is 30.9 Å². The Morgan fingerprint density at radius 2 is 2.03 bits per heavy atom. The Morgan fingerprint density at radius 1 is 1.29 bits per heavy atom. The minimum absolute atomic E-state index is 0.0288. The van der Waals surface area contributed by atoms with Crippen LogP contribution in [0.25, 0.3) is 0 Å². The van der Waals surface area contributed by atoms with Crippen LogP contribution in [0.3, 0.4) is 0 Å². The second-order valence-electron chi connectivity index (χ2n) is 8.03. The van der Waals surface area contributed by atoms with Crippen LogP contribution in [-0.4, -0.2) is 54.6 Å². The molecular formula is C25H29NO4S. The van der Waals surface area contributed by atoms with E-state index >= 15 is 0 Å². The van der Waals surface area contributed by atoms with Crippen LogP contribution >= 0.6 is 12.6 Å². The lowest BCUT2D eigenvalue weighted by Crippen LogP contribution is -2.38. The number of hydrogen-bond donors (Lipinski definition) is 2. The molecule has 1 aliphatic heterocycles. The molecule has 1 heterocycles. The van der Waals surface area contributed by atoms with Crippen molar-refractivity contribution in [1.82, 2.24) is 4.90 Å². The number of amides is 1. The predicted octanol–water partition coefficient (Wildman–Crippen LogP) is 3.37. The summed E-state index contributed by atoms with van der Waals surface area (Å²) in [5.41, 5.74) is 1.45. The number of methoxy groups -OCH3 is 1. The van der Waals surface area contributed by atoms with Gasteiger partial charge in [-0.25, -0.2) is 0 Å². The lowest BCUT2D eigenvalue weighted by Gasteiger charge is -2.33. The number of nitrogens with zero attached hydrogens (tertiary/aromatic N) is 1. The first-order valence-electron chi connectivity index (χ1n) is 10.3. The molecule has 1 N–H and O–H groups in total. The van der Waals surface area contributed by atoms with Crippen LogP contribution < -0.4 is 9.47 Å². The third-order valence-electron chi connectivity index (χ3n) is 6.07. The van der Waals surface area contributed by atoms with Crippen molar-refractivity contribution < 1.29 is 19.4 Å². The Kier molecular flexibility index (Phi) is 7.53. The molecule has 31 heavy (non-hydrogen) atoms. The fourth-order valence-electron chi connectivity index (χ4n) is 4.01.